The minimum Gasteiger partial charge on any atom is -0.463 e. The number of aliphatic hydroxyl groups is 3. The number of carbonyl (C=O) groups excluding carboxylic acids is 3. The van der Waals surface area contributed by atoms with Crippen LogP contribution in [0.4, 0.5) is 0 Å². The third-order valence-electron chi connectivity index (χ3n) is 3.93. The van der Waals surface area contributed by atoms with Crippen molar-refractivity contribution < 1.29 is 34.4 Å². The number of nitrogens with zero attached hydrogens (tertiary/aromatic N) is 1. The molecule has 2 fully saturated rings. The van der Waals surface area contributed by atoms with Gasteiger partial charge in [-0.05, 0) is 6.42 Å². The van der Waals surface area contributed by atoms with E-state index in [0.717, 1.165) is 11.3 Å². The quantitative estimate of drug-likeness (QED) is 0.324. The summed E-state index contributed by atoms with van der Waals surface area (Å²) in [5.41, 5.74) is 0. The number of aliphatic hydroxyl groups excluding tert-OH is 3. The van der Waals surface area contributed by atoms with Crippen LogP contribution < -0.4 is 5.32 Å². The highest BCUT2D eigenvalue weighted by molar-refractivity contribution is 6.37. The van der Waals surface area contributed by atoms with Crippen LogP contribution in [0.25, 0.3) is 0 Å². The van der Waals surface area contributed by atoms with Crippen molar-refractivity contribution in [2.45, 2.75) is 56.7 Å². The Balaban J connectivity index is 2.08. The van der Waals surface area contributed by atoms with Crippen LogP contribution in [0.1, 0.15) is 26.2 Å². The molecule has 0 aromatic rings. The largest absolute Gasteiger partial charge is 0.463 e. The SMILES string of the molecule is CCCCC(=O)OC[C@@H]1[C@@H](O)[C@H](O)[C@H](O)[C@H]2NC(=O)C(=O)N12. The summed E-state index contributed by atoms with van der Waals surface area (Å²) in [5, 5.41) is 31.9. The molecule has 0 saturated carbocycles. The van der Waals surface area contributed by atoms with Gasteiger partial charge in [0.25, 0.3) is 0 Å². The molecule has 4 N–H and O–H groups in total. The van der Waals surface area contributed by atoms with E-state index >= 15 is 0 Å². The van der Waals surface area contributed by atoms with E-state index in [1.165, 1.54) is 0 Å². The zero-order valence-corrected chi connectivity index (χ0v) is 12.1. The van der Waals surface area contributed by atoms with Crippen LogP contribution >= 0.6 is 0 Å². The number of hydrogen-bond acceptors (Lipinski definition) is 7. The Bertz CT molecular complexity index is 469. The van der Waals surface area contributed by atoms with Crippen LogP contribution in [0.2, 0.25) is 0 Å². The lowest BCUT2D eigenvalue weighted by Crippen LogP contribution is -2.68. The van der Waals surface area contributed by atoms with Gasteiger partial charge < -0.3 is 30.3 Å². The van der Waals surface area contributed by atoms with Crippen molar-refractivity contribution in [3.8, 4) is 0 Å². The van der Waals surface area contributed by atoms with E-state index in [1.54, 1.807) is 0 Å². The molecule has 2 saturated heterocycles. The highest BCUT2D eigenvalue weighted by Gasteiger charge is 2.55. The molecule has 0 unspecified atom stereocenters. The number of amides is 2. The van der Waals surface area contributed by atoms with E-state index in [1.807, 2.05) is 6.92 Å². The van der Waals surface area contributed by atoms with Gasteiger partial charge in [0.15, 0.2) is 0 Å². The maximum Gasteiger partial charge on any atom is 0.314 e. The molecular formula is C13H20N2O7. The Morgan fingerprint density at radius 1 is 1.23 bits per heavy atom. The third-order valence-corrected chi connectivity index (χ3v) is 3.93. The molecule has 0 aliphatic carbocycles. The molecule has 124 valence electrons. The molecule has 9 heteroatoms. The lowest BCUT2D eigenvalue weighted by molar-refractivity contribution is -0.181. The second-order valence-corrected chi connectivity index (χ2v) is 5.46. The topological polar surface area (TPSA) is 136 Å². The fraction of sp³-hybridized carbons (Fsp3) is 0.769. The van der Waals surface area contributed by atoms with Crippen molar-refractivity contribution in [3.63, 3.8) is 0 Å². The Kier molecular flexibility index (Phi) is 4.99. The zero-order valence-electron chi connectivity index (χ0n) is 12.1. The Hall–Kier alpha value is -1.71. The number of rotatable bonds is 5. The van der Waals surface area contributed by atoms with Crippen LogP contribution in [0.3, 0.4) is 0 Å². The zero-order chi connectivity index (χ0) is 16.4. The summed E-state index contributed by atoms with van der Waals surface area (Å²) >= 11 is 0. The number of unbranched alkanes of at least 4 members (excludes halogenated alkanes) is 1. The second kappa shape index (κ2) is 6.59. The van der Waals surface area contributed by atoms with E-state index in [4.69, 9.17) is 4.74 Å². The number of nitrogens with one attached hydrogen (secondary N) is 1. The van der Waals surface area contributed by atoms with Crippen molar-refractivity contribution in [1.82, 2.24) is 10.2 Å². The molecule has 0 aromatic heterocycles. The lowest BCUT2D eigenvalue weighted by atomic mass is 9.92. The van der Waals surface area contributed by atoms with Gasteiger partial charge in [-0.1, -0.05) is 13.3 Å². The number of carbonyl (C=O) groups is 3. The summed E-state index contributed by atoms with van der Waals surface area (Å²) in [6.07, 6.45) is -4.07. The van der Waals surface area contributed by atoms with Gasteiger partial charge in [0.05, 0.1) is 6.04 Å². The molecule has 2 amide bonds. The van der Waals surface area contributed by atoms with Gasteiger partial charge in [0.1, 0.15) is 31.1 Å². The van der Waals surface area contributed by atoms with E-state index in [2.05, 4.69) is 5.32 Å². The van der Waals surface area contributed by atoms with Gasteiger partial charge in [-0.3, -0.25) is 14.4 Å². The smallest absolute Gasteiger partial charge is 0.314 e. The van der Waals surface area contributed by atoms with Crippen molar-refractivity contribution in [2.75, 3.05) is 6.61 Å². The summed E-state index contributed by atoms with van der Waals surface area (Å²) in [7, 11) is 0. The molecule has 0 radical (unpaired) electrons. The minimum absolute atomic E-state index is 0.207. The van der Waals surface area contributed by atoms with Gasteiger partial charge >= 0.3 is 17.8 Å². The molecule has 2 heterocycles. The summed E-state index contributed by atoms with van der Waals surface area (Å²) in [5.74, 6) is -2.37. The van der Waals surface area contributed by atoms with Gasteiger partial charge in [-0.25, -0.2) is 0 Å². The minimum atomic E-state index is -1.56. The van der Waals surface area contributed by atoms with Gasteiger partial charge in [0, 0.05) is 6.42 Å². The summed E-state index contributed by atoms with van der Waals surface area (Å²) in [6, 6.07) is -1.10. The highest BCUT2D eigenvalue weighted by atomic mass is 16.5. The molecule has 0 aromatic carbocycles. The van der Waals surface area contributed by atoms with Crippen LogP contribution in [-0.4, -0.2) is 75.1 Å². The fourth-order valence-electron chi connectivity index (χ4n) is 2.65. The molecule has 0 spiro atoms. The number of fused-ring (bicyclic) bond motifs is 1. The van der Waals surface area contributed by atoms with Gasteiger partial charge in [-0.15, -0.1) is 0 Å². The molecule has 2 aliphatic rings. The third kappa shape index (κ3) is 2.92. The number of esters is 1. The van der Waals surface area contributed by atoms with E-state index in [0.29, 0.717) is 6.42 Å². The maximum absolute atomic E-state index is 11.8. The first-order valence-electron chi connectivity index (χ1n) is 7.21. The van der Waals surface area contributed by atoms with E-state index < -0.39 is 48.3 Å². The number of ether oxygens (including phenoxy) is 1. The first-order valence-corrected chi connectivity index (χ1v) is 7.21. The summed E-state index contributed by atoms with van der Waals surface area (Å²) in [6.45, 7) is 1.56. The summed E-state index contributed by atoms with van der Waals surface area (Å²) in [4.78, 5) is 35.7. The van der Waals surface area contributed by atoms with Crippen LogP contribution in [-0.2, 0) is 19.1 Å². The molecule has 5 atom stereocenters. The van der Waals surface area contributed by atoms with Gasteiger partial charge in [0.2, 0.25) is 0 Å². The first kappa shape index (κ1) is 16.7. The summed E-state index contributed by atoms with van der Waals surface area (Å²) < 4.78 is 5.00. The predicted octanol–water partition coefficient (Wildman–Crippen LogP) is -2.53. The lowest BCUT2D eigenvalue weighted by Gasteiger charge is -2.44. The Morgan fingerprint density at radius 2 is 1.91 bits per heavy atom. The van der Waals surface area contributed by atoms with Crippen LogP contribution in [0.15, 0.2) is 0 Å². The molecular weight excluding hydrogens is 296 g/mol. The average Bonchev–Trinajstić information content (AvgIpc) is 2.79. The molecule has 2 aliphatic heterocycles. The highest BCUT2D eigenvalue weighted by Crippen LogP contribution is 2.27. The Morgan fingerprint density at radius 3 is 2.55 bits per heavy atom. The first-order chi connectivity index (χ1) is 10.4. The number of piperidine rings is 1. The van der Waals surface area contributed by atoms with Gasteiger partial charge in [-0.2, -0.15) is 0 Å². The number of hydrogen-bond donors (Lipinski definition) is 4. The second-order valence-electron chi connectivity index (χ2n) is 5.46. The maximum atomic E-state index is 11.8. The fourth-order valence-corrected chi connectivity index (χ4v) is 2.65. The molecule has 22 heavy (non-hydrogen) atoms. The standard InChI is InChI=1S/C13H20N2O7/c1-2-3-4-7(16)22-5-6-8(17)9(18)10(19)11-14-12(20)13(21)15(6)11/h6,8-11,17-19H,2-5H2,1H3,(H,14,20)/t6-,8-,9+,10+,11+/m1/s1. The van der Waals surface area contributed by atoms with Crippen molar-refractivity contribution >= 4 is 17.8 Å². The molecule has 9 nitrogen and oxygen atoms in total. The Labute approximate surface area is 126 Å². The van der Waals surface area contributed by atoms with Crippen molar-refractivity contribution in [3.05, 3.63) is 0 Å². The monoisotopic (exact) mass is 316 g/mol. The van der Waals surface area contributed by atoms with Crippen molar-refractivity contribution in [2.24, 2.45) is 0 Å². The van der Waals surface area contributed by atoms with Crippen LogP contribution in [0, 0.1) is 0 Å². The molecule has 2 rings (SSSR count). The van der Waals surface area contributed by atoms with Crippen molar-refractivity contribution in [1.29, 1.82) is 0 Å². The van der Waals surface area contributed by atoms with E-state index in [9.17, 15) is 29.7 Å². The van der Waals surface area contributed by atoms with E-state index in [-0.39, 0.29) is 13.0 Å². The molecule has 0 bridgehead atoms. The normalized spacial score (nSPS) is 34.4. The average molecular weight is 316 g/mol. The van der Waals surface area contributed by atoms with Crippen LogP contribution in [0.5, 0.6) is 0 Å². The predicted molar refractivity (Wildman–Crippen MR) is 71.1 cm³/mol.